The minimum atomic E-state index is 0.373. The van der Waals surface area contributed by atoms with Crippen LogP contribution in [0.4, 0.5) is 0 Å². The van der Waals surface area contributed by atoms with Crippen molar-refractivity contribution in [3.05, 3.63) is 0 Å². The van der Waals surface area contributed by atoms with Gasteiger partial charge in [0.25, 0.3) is 0 Å². The monoisotopic (exact) mass is 243 g/mol. The highest BCUT2D eigenvalue weighted by molar-refractivity contribution is 5.78. The van der Waals surface area contributed by atoms with E-state index in [2.05, 4.69) is 9.89 Å². The number of methoxy groups -OCH3 is 1. The van der Waals surface area contributed by atoms with Gasteiger partial charge in [-0.15, -0.1) is 0 Å². The van der Waals surface area contributed by atoms with E-state index in [0.717, 1.165) is 52.1 Å². The Morgan fingerprint density at radius 3 is 2.65 bits per heavy atom. The van der Waals surface area contributed by atoms with Crippen LogP contribution >= 0.6 is 0 Å². The molecule has 1 fully saturated rings. The van der Waals surface area contributed by atoms with E-state index in [1.54, 1.807) is 7.11 Å². The van der Waals surface area contributed by atoms with Crippen LogP contribution in [0.15, 0.2) is 4.99 Å². The Morgan fingerprint density at radius 2 is 2.06 bits per heavy atom. The van der Waals surface area contributed by atoms with Crippen molar-refractivity contribution >= 4 is 5.96 Å². The summed E-state index contributed by atoms with van der Waals surface area (Å²) in [4.78, 5) is 6.36. The molecule has 0 saturated carbocycles. The number of likely N-dealkylation sites (tertiary alicyclic amines) is 1. The summed E-state index contributed by atoms with van der Waals surface area (Å²) in [6, 6.07) is 0. The first-order valence-electron chi connectivity index (χ1n) is 6.43. The smallest absolute Gasteiger partial charge is 0.191 e. The Balaban J connectivity index is 2.15. The molecule has 1 heterocycles. The van der Waals surface area contributed by atoms with Crippen molar-refractivity contribution in [1.82, 2.24) is 4.90 Å². The standard InChI is InChI=1S/C12H25N3O2/c1-3-14-12(13)15-7-5-11(6-8-15)17-10-4-9-16-2/h11H,3-10H2,1-2H3,(H2,13,14). The van der Waals surface area contributed by atoms with Gasteiger partial charge in [-0.3, -0.25) is 4.99 Å². The fraction of sp³-hybridized carbons (Fsp3) is 0.917. The fourth-order valence-electron chi connectivity index (χ4n) is 1.97. The predicted octanol–water partition coefficient (Wildman–Crippen LogP) is 0.839. The van der Waals surface area contributed by atoms with Gasteiger partial charge in [0.2, 0.25) is 0 Å². The number of nitrogens with zero attached hydrogens (tertiary/aromatic N) is 2. The van der Waals surface area contributed by atoms with Gasteiger partial charge in [-0.1, -0.05) is 0 Å². The zero-order valence-electron chi connectivity index (χ0n) is 11.0. The van der Waals surface area contributed by atoms with Crippen LogP contribution in [0.1, 0.15) is 26.2 Å². The van der Waals surface area contributed by atoms with Crippen molar-refractivity contribution in [1.29, 1.82) is 0 Å². The third-order valence-electron chi connectivity index (χ3n) is 2.93. The number of ether oxygens (including phenoxy) is 2. The van der Waals surface area contributed by atoms with Crippen molar-refractivity contribution in [2.75, 3.05) is 40.0 Å². The highest BCUT2D eigenvalue weighted by Gasteiger charge is 2.20. The number of aliphatic imine (C=N–C) groups is 1. The minimum Gasteiger partial charge on any atom is -0.385 e. The molecule has 0 aromatic rings. The van der Waals surface area contributed by atoms with Crippen LogP contribution in [0.3, 0.4) is 0 Å². The summed E-state index contributed by atoms with van der Waals surface area (Å²) < 4.78 is 10.8. The molecule has 1 rings (SSSR count). The molecule has 2 N–H and O–H groups in total. The molecule has 5 heteroatoms. The van der Waals surface area contributed by atoms with Gasteiger partial charge in [-0.25, -0.2) is 0 Å². The second-order valence-electron chi connectivity index (χ2n) is 4.24. The lowest BCUT2D eigenvalue weighted by molar-refractivity contribution is 0.0102. The second-order valence-corrected chi connectivity index (χ2v) is 4.24. The summed E-state index contributed by atoms with van der Waals surface area (Å²) in [5, 5.41) is 0. The highest BCUT2D eigenvalue weighted by atomic mass is 16.5. The van der Waals surface area contributed by atoms with E-state index in [1.807, 2.05) is 6.92 Å². The van der Waals surface area contributed by atoms with Crippen LogP contribution < -0.4 is 5.73 Å². The molecule has 0 unspecified atom stereocenters. The number of rotatable bonds is 6. The van der Waals surface area contributed by atoms with Gasteiger partial charge in [0.15, 0.2) is 5.96 Å². The maximum atomic E-state index is 5.86. The van der Waals surface area contributed by atoms with Gasteiger partial charge < -0.3 is 20.1 Å². The van der Waals surface area contributed by atoms with Crippen molar-refractivity contribution in [3.8, 4) is 0 Å². The molecule has 0 spiro atoms. The van der Waals surface area contributed by atoms with Gasteiger partial charge in [0.1, 0.15) is 0 Å². The van der Waals surface area contributed by atoms with Crippen LogP contribution in [-0.2, 0) is 9.47 Å². The van der Waals surface area contributed by atoms with Crippen molar-refractivity contribution < 1.29 is 9.47 Å². The molecular weight excluding hydrogens is 218 g/mol. The van der Waals surface area contributed by atoms with E-state index in [9.17, 15) is 0 Å². The molecule has 0 radical (unpaired) electrons. The van der Waals surface area contributed by atoms with Crippen LogP contribution in [0.25, 0.3) is 0 Å². The Morgan fingerprint density at radius 1 is 1.35 bits per heavy atom. The summed E-state index contributed by atoms with van der Waals surface area (Å²) in [6.07, 6.45) is 3.41. The first-order valence-corrected chi connectivity index (χ1v) is 6.43. The van der Waals surface area contributed by atoms with Gasteiger partial charge >= 0.3 is 0 Å². The molecule has 100 valence electrons. The largest absolute Gasteiger partial charge is 0.385 e. The Labute approximate surface area is 104 Å². The van der Waals surface area contributed by atoms with E-state index in [0.29, 0.717) is 12.1 Å². The molecule has 0 amide bonds. The molecule has 0 bridgehead atoms. The molecule has 1 saturated heterocycles. The van der Waals surface area contributed by atoms with Crippen molar-refractivity contribution in [2.24, 2.45) is 10.7 Å². The molecule has 0 aromatic carbocycles. The second kappa shape index (κ2) is 8.31. The van der Waals surface area contributed by atoms with Crippen LogP contribution in [0, 0.1) is 0 Å². The average molecular weight is 243 g/mol. The maximum absolute atomic E-state index is 5.86. The first-order chi connectivity index (χ1) is 8.27. The lowest BCUT2D eigenvalue weighted by atomic mass is 10.1. The number of hydrogen-bond donors (Lipinski definition) is 1. The number of hydrogen-bond acceptors (Lipinski definition) is 3. The lowest BCUT2D eigenvalue weighted by Gasteiger charge is -2.32. The molecule has 0 aliphatic carbocycles. The van der Waals surface area contributed by atoms with Crippen LogP contribution in [-0.4, -0.2) is 56.9 Å². The number of nitrogens with two attached hydrogens (primary N) is 1. The molecule has 1 aliphatic heterocycles. The van der Waals surface area contributed by atoms with E-state index < -0.39 is 0 Å². The zero-order valence-corrected chi connectivity index (χ0v) is 11.0. The molecular formula is C12H25N3O2. The SMILES string of the molecule is CCN=C(N)N1CCC(OCCCOC)CC1. The Kier molecular flexibility index (Phi) is 6.96. The normalized spacial score (nSPS) is 18.7. The van der Waals surface area contributed by atoms with Crippen LogP contribution in [0.5, 0.6) is 0 Å². The summed E-state index contributed by atoms with van der Waals surface area (Å²) in [7, 11) is 1.72. The molecule has 0 atom stereocenters. The van der Waals surface area contributed by atoms with Gasteiger partial charge in [-0.05, 0) is 26.2 Å². The number of piperidine rings is 1. The van der Waals surface area contributed by atoms with E-state index >= 15 is 0 Å². The third kappa shape index (κ3) is 5.37. The number of guanidine groups is 1. The van der Waals surface area contributed by atoms with Gasteiger partial charge in [-0.2, -0.15) is 0 Å². The Bertz CT molecular complexity index is 226. The summed E-state index contributed by atoms with van der Waals surface area (Å²) >= 11 is 0. The van der Waals surface area contributed by atoms with E-state index in [1.165, 1.54) is 0 Å². The zero-order chi connectivity index (χ0) is 12.5. The van der Waals surface area contributed by atoms with Crippen molar-refractivity contribution in [3.63, 3.8) is 0 Å². The molecule has 0 aromatic heterocycles. The fourth-order valence-corrected chi connectivity index (χ4v) is 1.97. The van der Waals surface area contributed by atoms with Gasteiger partial charge in [0, 0.05) is 40.0 Å². The molecule has 1 aliphatic rings. The molecule has 17 heavy (non-hydrogen) atoms. The lowest BCUT2D eigenvalue weighted by Crippen LogP contribution is -2.44. The molecule has 5 nitrogen and oxygen atoms in total. The van der Waals surface area contributed by atoms with Crippen LogP contribution in [0.2, 0.25) is 0 Å². The summed E-state index contributed by atoms with van der Waals surface area (Å²) in [5.41, 5.74) is 5.86. The predicted molar refractivity (Wildman–Crippen MR) is 69.2 cm³/mol. The highest BCUT2D eigenvalue weighted by Crippen LogP contribution is 2.13. The summed E-state index contributed by atoms with van der Waals surface area (Å²) in [5.74, 6) is 0.672. The first kappa shape index (κ1) is 14.3. The Hall–Kier alpha value is -0.810. The van der Waals surface area contributed by atoms with Gasteiger partial charge in [0.05, 0.1) is 6.10 Å². The topological polar surface area (TPSA) is 60.1 Å². The maximum Gasteiger partial charge on any atom is 0.191 e. The summed E-state index contributed by atoms with van der Waals surface area (Å²) in [6.45, 7) is 6.21. The minimum absolute atomic E-state index is 0.373. The quantitative estimate of drug-likeness (QED) is 0.426. The third-order valence-corrected chi connectivity index (χ3v) is 2.93. The van der Waals surface area contributed by atoms with E-state index in [4.69, 9.17) is 15.2 Å². The average Bonchev–Trinajstić information content (AvgIpc) is 2.36. The van der Waals surface area contributed by atoms with E-state index in [-0.39, 0.29) is 0 Å². The van der Waals surface area contributed by atoms with Crippen molar-refractivity contribution in [2.45, 2.75) is 32.3 Å².